The van der Waals surface area contributed by atoms with Crippen LogP contribution in [0.1, 0.15) is 25.7 Å². The van der Waals surface area contributed by atoms with Crippen LogP contribution >= 0.6 is 23.2 Å². The van der Waals surface area contributed by atoms with Crippen molar-refractivity contribution in [1.82, 2.24) is 4.31 Å². The molecule has 0 aliphatic carbocycles. The number of piperidine rings is 1. The summed E-state index contributed by atoms with van der Waals surface area (Å²) in [5, 5.41) is 10.1. The highest BCUT2D eigenvalue weighted by Gasteiger charge is 2.47. The second-order valence-electron chi connectivity index (χ2n) is 5.65. The van der Waals surface area contributed by atoms with Gasteiger partial charge in [0.15, 0.2) is 0 Å². The van der Waals surface area contributed by atoms with E-state index in [1.807, 2.05) is 0 Å². The highest BCUT2D eigenvalue weighted by atomic mass is 35.5. The number of aliphatic hydroxyl groups excluding tert-OH is 1. The van der Waals surface area contributed by atoms with E-state index in [0.717, 1.165) is 12.8 Å². The van der Waals surface area contributed by atoms with Crippen molar-refractivity contribution in [2.45, 2.75) is 48.8 Å². The molecule has 8 heteroatoms. The Morgan fingerprint density at radius 3 is 2.29 bits per heavy atom. The number of sulfonamides is 1. The summed E-state index contributed by atoms with van der Waals surface area (Å²) in [6.45, 7) is 0. The fraction of sp³-hybridized carbons (Fsp3) is 0.538. The molecule has 0 radical (unpaired) electrons. The second kappa shape index (κ2) is 5.28. The van der Waals surface area contributed by atoms with E-state index in [-0.39, 0.29) is 27.7 Å². The van der Waals surface area contributed by atoms with Crippen LogP contribution < -0.4 is 5.73 Å². The number of nitrogen functional groups attached to an aromatic ring is 1. The summed E-state index contributed by atoms with van der Waals surface area (Å²) in [6.07, 6.45) is 1.99. The van der Waals surface area contributed by atoms with Crippen molar-refractivity contribution < 1.29 is 13.5 Å². The minimum atomic E-state index is -3.79. The van der Waals surface area contributed by atoms with Crippen molar-refractivity contribution in [2.75, 3.05) is 5.73 Å². The van der Waals surface area contributed by atoms with E-state index in [1.165, 1.54) is 16.4 Å². The zero-order valence-electron chi connectivity index (χ0n) is 11.2. The van der Waals surface area contributed by atoms with E-state index in [9.17, 15) is 13.5 Å². The van der Waals surface area contributed by atoms with Gasteiger partial charge in [0.1, 0.15) is 4.90 Å². The Hall–Kier alpha value is -0.530. The Morgan fingerprint density at radius 2 is 1.76 bits per heavy atom. The number of hydrogen-bond acceptors (Lipinski definition) is 4. The lowest BCUT2D eigenvalue weighted by atomic mass is 10.0. The van der Waals surface area contributed by atoms with Gasteiger partial charge in [0.05, 0.1) is 16.8 Å². The summed E-state index contributed by atoms with van der Waals surface area (Å²) < 4.78 is 27.4. The molecule has 1 aromatic carbocycles. The maximum atomic E-state index is 12.9. The van der Waals surface area contributed by atoms with Crippen LogP contribution in [0.2, 0.25) is 10.0 Å². The fourth-order valence-electron chi connectivity index (χ4n) is 3.46. The van der Waals surface area contributed by atoms with Gasteiger partial charge in [-0.3, -0.25) is 0 Å². The topological polar surface area (TPSA) is 83.6 Å². The molecule has 0 saturated carbocycles. The third-order valence-electron chi connectivity index (χ3n) is 4.21. The van der Waals surface area contributed by atoms with Crippen LogP contribution in [0.15, 0.2) is 17.0 Å². The maximum absolute atomic E-state index is 12.9. The van der Waals surface area contributed by atoms with Crippen LogP contribution in [-0.4, -0.2) is 36.0 Å². The summed E-state index contributed by atoms with van der Waals surface area (Å²) >= 11 is 11.9. The molecule has 116 valence electrons. The van der Waals surface area contributed by atoms with E-state index in [0.29, 0.717) is 17.9 Å². The molecule has 2 unspecified atom stereocenters. The molecule has 2 atom stereocenters. The molecule has 2 saturated heterocycles. The van der Waals surface area contributed by atoms with E-state index < -0.39 is 16.1 Å². The molecule has 2 aliphatic rings. The first-order valence-electron chi connectivity index (χ1n) is 6.77. The highest BCUT2D eigenvalue weighted by Crippen LogP contribution is 2.42. The predicted molar refractivity (Wildman–Crippen MR) is 82.0 cm³/mol. The lowest BCUT2D eigenvalue weighted by molar-refractivity contribution is 0.0769. The molecule has 2 heterocycles. The van der Waals surface area contributed by atoms with Gasteiger partial charge in [-0.05, 0) is 37.8 Å². The van der Waals surface area contributed by atoms with E-state index in [1.54, 1.807) is 0 Å². The molecule has 1 aromatic rings. The first kappa shape index (κ1) is 15.4. The van der Waals surface area contributed by atoms with Crippen LogP contribution in [0.3, 0.4) is 0 Å². The minimum Gasteiger partial charge on any atom is -0.398 e. The van der Waals surface area contributed by atoms with Gasteiger partial charge >= 0.3 is 0 Å². The number of fused-ring (bicyclic) bond motifs is 2. The third-order valence-corrected chi connectivity index (χ3v) is 6.97. The van der Waals surface area contributed by atoms with Crippen molar-refractivity contribution in [3.63, 3.8) is 0 Å². The van der Waals surface area contributed by atoms with Gasteiger partial charge in [0.2, 0.25) is 10.0 Å². The second-order valence-corrected chi connectivity index (χ2v) is 8.27. The lowest BCUT2D eigenvalue weighted by Crippen LogP contribution is -2.48. The van der Waals surface area contributed by atoms with Crippen molar-refractivity contribution in [1.29, 1.82) is 0 Å². The van der Waals surface area contributed by atoms with Gasteiger partial charge in [0.25, 0.3) is 0 Å². The molecule has 0 spiro atoms. The Bertz CT molecular complexity index is 643. The fourth-order valence-corrected chi connectivity index (χ4v) is 6.30. The van der Waals surface area contributed by atoms with Crippen LogP contribution in [0.5, 0.6) is 0 Å². The maximum Gasteiger partial charge on any atom is 0.247 e. The lowest BCUT2D eigenvalue weighted by Gasteiger charge is -2.36. The summed E-state index contributed by atoms with van der Waals surface area (Å²) in [6, 6.07) is 2.40. The number of hydrogen-bond donors (Lipinski definition) is 2. The number of nitrogens with zero attached hydrogens (tertiary/aromatic N) is 1. The van der Waals surface area contributed by atoms with Crippen molar-refractivity contribution in [3.8, 4) is 0 Å². The number of anilines is 1. The molecule has 21 heavy (non-hydrogen) atoms. The van der Waals surface area contributed by atoms with Gasteiger partial charge < -0.3 is 10.8 Å². The standard InChI is InChI=1S/C13H16Cl2N2O3S/c14-7-3-11(15)13(12(16)4-7)21(19,20)17-8-1-2-9(17)6-10(18)5-8/h3-4,8-10,18H,1-2,5-6,16H2. The number of nitrogens with two attached hydrogens (primary N) is 1. The SMILES string of the molecule is Nc1cc(Cl)cc(Cl)c1S(=O)(=O)N1C2CCC1CC(O)C2. The van der Waals surface area contributed by atoms with Gasteiger partial charge in [0, 0.05) is 17.1 Å². The zero-order valence-corrected chi connectivity index (χ0v) is 13.5. The summed E-state index contributed by atoms with van der Waals surface area (Å²) in [4.78, 5) is -0.0816. The van der Waals surface area contributed by atoms with Crippen molar-refractivity contribution in [2.24, 2.45) is 0 Å². The molecular formula is C13H16Cl2N2O3S. The number of halogens is 2. The van der Waals surface area contributed by atoms with Crippen LogP contribution in [0.4, 0.5) is 5.69 Å². The molecule has 2 aliphatic heterocycles. The average molecular weight is 351 g/mol. The van der Waals surface area contributed by atoms with Gasteiger partial charge in [-0.15, -0.1) is 0 Å². The third kappa shape index (κ3) is 2.53. The first-order chi connectivity index (χ1) is 9.80. The highest BCUT2D eigenvalue weighted by molar-refractivity contribution is 7.89. The largest absolute Gasteiger partial charge is 0.398 e. The molecule has 5 nitrogen and oxygen atoms in total. The van der Waals surface area contributed by atoms with E-state index in [2.05, 4.69) is 0 Å². The van der Waals surface area contributed by atoms with Crippen LogP contribution in [0.25, 0.3) is 0 Å². The average Bonchev–Trinajstić information content (AvgIpc) is 2.61. The molecule has 2 fully saturated rings. The Kier molecular flexibility index (Phi) is 3.86. The quantitative estimate of drug-likeness (QED) is 0.801. The molecular weight excluding hydrogens is 335 g/mol. The monoisotopic (exact) mass is 350 g/mol. The predicted octanol–water partition coefficient (Wildman–Crippen LogP) is 2.25. The molecule has 0 amide bonds. The van der Waals surface area contributed by atoms with Gasteiger partial charge in [-0.25, -0.2) is 8.42 Å². The van der Waals surface area contributed by atoms with Crippen molar-refractivity contribution in [3.05, 3.63) is 22.2 Å². The summed E-state index contributed by atoms with van der Waals surface area (Å²) in [5.41, 5.74) is 5.88. The number of benzene rings is 1. The first-order valence-corrected chi connectivity index (χ1v) is 8.96. The summed E-state index contributed by atoms with van der Waals surface area (Å²) in [5.74, 6) is 0. The zero-order chi connectivity index (χ0) is 15.4. The number of rotatable bonds is 2. The molecule has 2 bridgehead atoms. The Labute approximate surface area is 133 Å². The summed E-state index contributed by atoms with van der Waals surface area (Å²) in [7, 11) is -3.79. The van der Waals surface area contributed by atoms with Crippen molar-refractivity contribution >= 4 is 38.9 Å². The van der Waals surface area contributed by atoms with Gasteiger partial charge in [-0.2, -0.15) is 4.31 Å². The Morgan fingerprint density at radius 1 is 1.19 bits per heavy atom. The van der Waals surface area contributed by atoms with E-state index >= 15 is 0 Å². The van der Waals surface area contributed by atoms with Crippen LogP contribution in [0, 0.1) is 0 Å². The minimum absolute atomic E-state index is 0.0329. The smallest absolute Gasteiger partial charge is 0.247 e. The molecule has 0 aromatic heterocycles. The normalized spacial score (nSPS) is 29.8. The molecule has 3 rings (SSSR count). The van der Waals surface area contributed by atoms with E-state index in [4.69, 9.17) is 28.9 Å². The Balaban J connectivity index is 2.06. The van der Waals surface area contributed by atoms with Gasteiger partial charge in [-0.1, -0.05) is 23.2 Å². The van der Waals surface area contributed by atoms with Crippen LogP contribution in [-0.2, 0) is 10.0 Å². The molecule has 3 N–H and O–H groups in total. The number of aliphatic hydroxyl groups is 1.